The number of nitrogens with one attached hydrogen (secondary N) is 1. The SMILES string of the molecule is CC(C)(C)C(=O)Nc1cccc(C(=O)OCc2cc(Cl)cc3c2OCOC3)c1. The average molecular weight is 404 g/mol. The van der Waals surface area contributed by atoms with Crippen molar-refractivity contribution in [1.29, 1.82) is 0 Å². The highest BCUT2D eigenvalue weighted by atomic mass is 35.5. The largest absolute Gasteiger partial charge is 0.467 e. The van der Waals surface area contributed by atoms with Crippen molar-refractivity contribution in [3.63, 3.8) is 0 Å². The zero-order valence-electron chi connectivity index (χ0n) is 16.0. The summed E-state index contributed by atoms with van der Waals surface area (Å²) in [6, 6.07) is 10.1. The molecule has 0 fully saturated rings. The lowest BCUT2D eigenvalue weighted by Crippen LogP contribution is -2.27. The molecule has 2 aromatic carbocycles. The van der Waals surface area contributed by atoms with Crippen molar-refractivity contribution in [1.82, 2.24) is 0 Å². The first-order chi connectivity index (χ1) is 13.2. The van der Waals surface area contributed by atoms with Crippen LogP contribution in [0.3, 0.4) is 0 Å². The fourth-order valence-electron chi connectivity index (χ4n) is 2.63. The quantitative estimate of drug-likeness (QED) is 0.758. The van der Waals surface area contributed by atoms with Crippen LogP contribution in [0.4, 0.5) is 5.69 Å². The number of carbonyl (C=O) groups excluding carboxylic acids is 2. The fourth-order valence-corrected chi connectivity index (χ4v) is 2.90. The molecule has 1 amide bonds. The summed E-state index contributed by atoms with van der Waals surface area (Å²) in [7, 11) is 0. The van der Waals surface area contributed by atoms with E-state index in [1.165, 1.54) is 0 Å². The molecule has 1 aliphatic rings. The number of ether oxygens (including phenoxy) is 3. The first-order valence-corrected chi connectivity index (χ1v) is 9.22. The van der Waals surface area contributed by atoms with Crippen molar-refractivity contribution in [2.75, 3.05) is 12.1 Å². The summed E-state index contributed by atoms with van der Waals surface area (Å²) >= 11 is 6.13. The maximum absolute atomic E-state index is 12.5. The van der Waals surface area contributed by atoms with Crippen LogP contribution in [-0.2, 0) is 27.5 Å². The van der Waals surface area contributed by atoms with E-state index in [0.717, 1.165) is 5.56 Å². The van der Waals surface area contributed by atoms with Crippen LogP contribution in [0.1, 0.15) is 42.3 Å². The molecule has 28 heavy (non-hydrogen) atoms. The van der Waals surface area contributed by atoms with Gasteiger partial charge in [0.25, 0.3) is 0 Å². The molecule has 0 radical (unpaired) electrons. The van der Waals surface area contributed by atoms with Crippen LogP contribution < -0.4 is 10.1 Å². The van der Waals surface area contributed by atoms with Gasteiger partial charge in [-0.3, -0.25) is 4.79 Å². The van der Waals surface area contributed by atoms with Crippen molar-refractivity contribution in [2.45, 2.75) is 34.0 Å². The molecule has 0 bridgehead atoms. The maximum atomic E-state index is 12.5. The highest BCUT2D eigenvalue weighted by Crippen LogP contribution is 2.32. The lowest BCUT2D eigenvalue weighted by Gasteiger charge is -2.21. The second kappa shape index (κ2) is 8.20. The molecule has 2 aromatic rings. The van der Waals surface area contributed by atoms with E-state index in [9.17, 15) is 9.59 Å². The molecule has 0 spiro atoms. The van der Waals surface area contributed by atoms with E-state index in [-0.39, 0.29) is 19.3 Å². The van der Waals surface area contributed by atoms with Crippen molar-refractivity contribution >= 4 is 29.2 Å². The van der Waals surface area contributed by atoms with Gasteiger partial charge in [-0.15, -0.1) is 0 Å². The van der Waals surface area contributed by atoms with E-state index in [1.54, 1.807) is 36.4 Å². The van der Waals surface area contributed by atoms with Crippen LogP contribution in [-0.4, -0.2) is 18.7 Å². The third-order valence-electron chi connectivity index (χ3n) is 4.15. The van der Waals surface area contributed by atoms with E-state index >= 15 is 0 Å². The third kappa shape index (κ3) is 4.82. The predicted molar refractivity (Wildman–Crippen MR) is 105 cm³/mol. The minimum Gasteiger partial charge on any atom is -0.467 e. The predicted octanol–water partition coefficient (Wildman–Crippen LogP) is 4.55. The molecule has 1 heterocycles. The molecule has 0 aromatic heterocycles. The highest BCUT2D eigenvalue weighted by Gasteiger charge is 2.22. The van der Waals surface area contributed by atoms with Crippen molar-refractivity contribution < 1.29 is 23.8 Å². The number of esters is 1. The Hall–Kier alpha value is -2.57. The van der Waals surface area contributed by atoms with Crippen molar-refractivity contribution in [3.05, 3.63) is 58.1 Å². The van der Waals surface area contributed by atoms with E-state index in [1.807, 2.05) is 20.8 Å². The lowest BCUT2D eigenvalue weighted by molar-refractivity contribution is -0.123. The van der Waals surface area contributed by atoms with Crippen LogP contribution in [0, 0.1) is 5.41 Å². The third-order valence-corrected chi connectivity index (χ3v) is 4.37. The van der Waals surface area contributed by atoms with Crippen molar-refractivity contribution in [2.24, 2.45) is 5.41 Å². The van der Waals surface area contributed by atoms with Gasteiger partial charge in [-0.1, -0.05) is 38.4 Å². The Morgan fingerprint density at radius 2 is 2.00 bits per heavy atom. The number of hydrogen-bond donors (Lipinski definition) is 1. The summed E-state index contributed by atoms with van der Waals surface area (Å²) in [5, 5.41) is 3.32. The van der Waals surface area contributed by atoms with Crippen LogP contribution in [0.25, 0.3) is 0 Å². The average Bonchev–Trinajstić information content (AvgIpc) is 2.65. The van der Waals surface area contributed by atoms with E-state index in [4.69, 9.17) is 25.8 Å². The van der Waals surface area contributed by atoms with Gasteiger partial charge in [0.15, 0.2) is 6.79 Å². The Balaban J connectivity index is 1.70. The Bertz CT molecular complexity index is 904. The topological polar surface area (TPSA) is 73.9 Å². The van der Waals surface area contributed by atoms with Crippen LogP contribution in [0.2, 0.25) is 5.02 Å². The van der Waals surface area contributed by atoms with E-state index < -0.39 is 11.4 Å². The van der Waals surface area contributed by atoms with E-state index in [2.05, 4.69) is 5.32 Å². The van der Waals surface area contributed by atoms with Crippen LogP contribution in [0.15, 0.2) is 36.4 Å². The molecule has 0 aliphatic carbocycles. The number of carbonyl (C=O) groups is 2. The summed E-state index contributed by atoms with van der Waals surface area (Å²) in [6.45, 7) is 6.01. The summed E-state index contributed by atoms with van der Waals surface area (Å²) in [5.74, 6) is -0.00905. The van der Waals surface area contributed by atoms with Gasteiger partial charge in [0, 0.05) is 27.3 Å². The summed E-state index contributed by atoms with van der Waals surface area (Å²) < 4.78 is 16.2. The molecule has 6 nitrogen and oxygen atoms in total. The zero-order chi connectivity index (χ0) is 20.3. The second-order valence-corrected chi connectivity index (χ2v) is 7.96. The second-order valence-electron chi connectivity index (χ2n) is 7.52. The normalized spacial score (nSPS) is 13.3. The standard InChI is InChI=1S/C21H22ClNO5/c1-21(2,3)20(25)23-17-6-4-5-13(9-17)19(24)27-11-15-8-16(22)7-14-10-26-12-28-18(14)15/h4-9H,10-12H2,1-3H3,(H,23,25). The van der Waals surface area contributed by atoms with Crippen LogP contribution >= 0.6 is 11.6 Å². The number of fused-ring (bicyclic) bond motifs is 1. The number of rotatable bonds is 4. The minimum absolute atomic E-state index is 0.0142. The fraction of sp³-hybridized carbons (Fsp3) is 0.333. The Labute approximate surface area is 168 Å². The monoisotopic (exact) mass is 403 g/mol. The number of amides is 1. The Morgan fingerprint density at radius 3 is 2.75 bits per heavy atom. The molecular formula is C21H22ClNO5. The number of anilines is 1. The molecule has 0 saturated carbocycles. The van der Waals surface area contributed by atoms with Gasteiger partial charge in [-0.25, -0.2) is 4.79 Å². The van der Waals surface area contributed by atoms with Gasteiger partial charge >= 0.3 is 5.97 Å². The van der Waals surface area contributed by atoms with Gasteiger partial charge in [-0.2, -0.15) is 0 Å². The maximum Gasteiger partial charge on any atom is 0.338 e. The summed E-state index contributed by atoms with van der Waals surface area (Å²) in [4.78, 5) is 24.6. The van der Waals surface area contributed by atoms with Crippen LogP contribution in [0.5, 0.6) is 5.75 Å². The molecule has 1 aliphatic heterocycles. The summed E-state index contributed by atoms with van der Waals surface area (Å²) in [5.41, 5.74) is 1.83. The first-order valence-electron chi connectivity index (χ1n) is 8.84. The molecule has 1 N–H and O–H groups in total. The molecule has 0 atom stereocenters. The van der Waals surface area contributed by atoms with Gasteiger partial charge in [0.2, 0.25) is 5.91 Å². The van der Waals surface area contributed by atoms with Gasteiger partial charge < -0.3 is 19.5 Å². The molecule has 0 saturated heterocycles. The van der Waals surface area contributed by atoms with Crippen molar-refractivity contribution in [3.8, 4) is 5.75 Å². The first kappa shape index (κ1) is 20.2. The Morgan fingerprint density at radius 1 is 1.21 bits per heavy atom. The molecule has 0 unspecified atom stereocenters. The molecular weight excluding hydrogens is 382 g/mol. The lowest BCUT2D eigenvalue weighted by atomic mass is 9.95. The molecule has 148 valence electrons. The Kier molecular flexibility index (Phi) is 5.91. The van der Waals surface area contributed by atoms with Gasteiger partial charge in [0.1, 0.15) is 12.4 Å². The van der Waals surface area contributed by atoms with Gasteiger partial charge in [0.05, 0.1) is 12.2 Å². The number of benzene rings is 2. The molecule has 7 heteroatoms. The number of hydrogen-bond acceptors (Lipinski definition) is 5. The molecule has 3 rings (SSSR count). The zero-order valence-corrected chi connectivity index (χ0v) is 16.8. The highest BCUT2D eigenvalue weighted by molar-refractivity contribution is 6.30. The summed E-state index contributed by atoms with van der Waals surface area (Å²) in [6.07, 6.45) is 0. The number of halogens is 1. The van der Waals surface area contributed by atoms with E-state index in [0.29, 0.717) is 34.2 Å². The van der Waals surface area contributed by atoms with Gasteiger partial charge in [-0.05, 0) is 30.3 Å². The smallest absolute Gasteiger partial charge is 0.338 e. The minimum atomic E-state index is -0.536.